The van der Waals surface area contributed by atoms with E-state index < -0.39 is 0 Å². The van der Waals surface area contributed by atoms with Crippen LogP contribution in [-0.2, 0) is 0 Å². The zero-order valence-electron chi connectivity index (χ0n) is 21.3. The Labute approximate surface area is 223 Å². The molecular weight excluding hydrogens is 500 g/mol. The van der Waals surface area contributed by atoms with Crippen molar-refractivity contribution in [3.05, 3.63) is 68.3 Å². The van der Waals surface area contributed by atoms with Crippen LogP contribution in [0, 0.1) is 0 Å². The SMILES string of the molecule is CC(CNc1cc[nH]c(=O)c1-c1nc2cc3c(cc2[nH]1)C(=O)N(CCCN1CCCC1)C3=O)c1ccsc1. The zero-order valence-corrected chi connectivity index (χ0v) is 22.1. The molecule has 2 aliphatic heterocycles. The van der Waals surface area contributed by atoms with Crippen molar-refractivity contribution in [1.29, 1.82) is 0 Å². The second-order valence-electron chi connectivity index (χ2n) is 10.1. The van der Waals surface area contributed by atoms with Crippen LogP contribution in [0.4, 0.5) is 5.69 Å². The molecule has 3 N–H and O–H groups in total. The normalized spacial score (nSPS) is 16.5. The molecule has 1 atom stereocenters. The number of benzene rings is 1. The van der Waals surface area contributed by atoms with E-state index in [-0.39, 0.29) is 23.3 Å². The molecule has 9 nitrogen and oxygen atoms in total. The monoisotopic (exact) mass is 530 g/mol. The molecule has 0 radical (unpaired) electrons. The van der Waals surface area contributed by atoms with Gasteiger partial charge >= 0.3 is 0 Å². The number of hydrogen-bond acceptors (Lipinski definition) is 7. The largest absolute Gasteiger partial charge is 0.384 e. The van der Waals surface area contributed by atoms with Crippen molar-refractivity contribution in [3.8, 4) is 11.4 Å². The summed E-state index contributed by atoms with van der Waals surface area (Å²) >= 11 is 1.66. The Morgan fingerprint density at radius 2 is 1.87 bits per heavy atom. The third-order valence-corrected chi connectivity index (χ3v) is 8.24. The number of amides is 2. The molecule has 0 aliphatic carbocycles. The highest BCUT2D eigenvalue weighted by molar-refractivity contribution is 7.08. The lowest BCUT2D eigenvalue weighted by Gasteiger charge is -2.17. The fraction of sp³-hybridized carbons (Fsp3) is 0.357. The van der Waals surface area contributed by atoms with Crippen LogP contribution in [0.5, 0.6) is 0 Å². The summed E-state index contributed by atoms with van der Waals surface area (Å²) in [6.45, 7) is 6.28. The van der Waals surface area contributed by atoms with Crippen molar-refractivity contribution < 1.29 is 9.59 Å². The fourth-order valence-corrected chi connectivity index (χ4v) is 6.15. The highest BCUT2D eigenvalue weighted by Crippen LogP contribution is 2.30. The molecule has 0 bridgehead atoms. The number of fused-ring (bicyclic) bond motifs is 2. The van der Waals surface area contributed by atoms with Gasteiger partial charge in [-0.2, -0.15) is 11.3 Å². The number of nitrogens with one attached hydrogen (secondary N) is 3. The minimum absolute atomic E-state index is 0.266. The highest BCUT2D eigenvalue weighted by Gasteiger charge is 2.36. The quantitative estimate of drug-likeness (QED) is 0.279. The van der Waals surface area contributed by atoms with E-state index in [1.165, 1.54) is 23.3 Å². The number of thiophene rings is 1. The van der Waals surface area contributed by atoms with Crippen LogP contribution in [0.15, 0.2) is 46.0 Å². The number of hydrogen-bond donors (Lipinski definition) is 3. The molecule has 0 saturated carbocycles. The van der Waals surface area contributed by atoms with Crippen LogP contribution in [0.2, 0.25) is 0 Å². The van der Waals surface area contributed by atoms with Crippen molar-refractivity contribution in [1.82, 2.24) is 24.8 Å². The molecule has 10 heteroatoms. The van der Waals surface area contributed by atoms with Gasteiger partial charge in [-0.25, -0.2) is 4.98 Å². The number of H-pyrrole nitrogens is 2. The molecule has 38 heavy (non-hydrogen) atoms. The van der Waals surface area contributed by atoms with E-state index in [4.69, 9.17) is 0 Å². The van der Waals surface area contributed by atoms with Crippen LogP contribution in [0.25, 0.3) is 22.4 Å². The standard InChI is InChI=1S/C28H30N6O3S/c1-17(18-6-12-38-16-18)15-30-21-5-7-29-26(35)24(21)25-31-22-13-19-20(14-23(22)32-25)28(37)34(27(19)36)11-4-10-33-8-2-3-9-33/h5-7,12-14,16-17H,2-4,8-11,15H2,1H3,(H,31,32)(H2,29,30,35). The molecule has 1 unspecified atom stereocenters. The summed E-state index contributed by atoms with van der Waals surface area (Å²) in [7, 11) is 0. The van der Waals surface area contributed by atoms with E-state index in [0.29, 0.717) is 52.3 Å². The van der Waals surface area contributed by atoms with E-state index in [2.05, 4.69) is 48.9 Å². The van der Waals surface area contributed by atoms with Crippen molar-refractivity contribution in [3.63, 3.8) is 0 Å². The van der Waals surface area contributed by atoms with Gasteiger partial charge in [0.1, 0.15) is 11.4 Å². The lowest BCUT2D eigenvalue weighted by molar-refractivity contribution is 0.0648. The number of rotatable bonds is 9. The number of pyridine rings is 1. The van der Waals surface area contributed by atoms with Gasteiger partial charge in [0.05, 0.1) is 27.8 Å². The first-order chi connectivity index (χ1) is 18.5. The number of aromatic amines is 2. The molecule has 196 valence electrons. The number of anilines is 1. The lowest BCUT2D eigenvalue weighted by Crippen LogP contribution is -2.33. The Morgan fingerprint density at radius 3 is 2.63 bits per heavy atom. The van der Waals surface area contributed by atoms with E-state index in [1.54, 1.807) is 29.7 Å². The van der Waals surface area contributed by atoms with Crippen LogP contribution < -0.4 is 10.9 Å². The Balaban J connectivity index is 1.23. The predicted octanol–water partition coefficient (Wildman–Crippen LogP) is 4.28. The first-order valence-corrected chi connectivity index (χ1v) is 14.0. The molecular formula is C28H30N6O3S. The molecule has 2 amide bonds. The van der Waals surface area contributed by atoms with Crippen molar-refractivity contribution >= 4 is 39.9 Å². The van der Waals surface area contributed by atoms with Gasteiger partial charge in [0, 0.05) is 19.3 Å². The summed E-state index contributed by atoms with van der Waals surface area (Å²) in [4.78, 5) is 53.4. The fourth-order valence-electron chi connectivity index (χ4n) is 5.37. The van der Waals surface area contributed by atoms with E-state index >= 15 is 0 Å². The summed E-state index contributed by atoms with van der Waals surface area (Å²) in [6.07, 6.45) is 4.81. The number of carbonyl (C=O) groups is 2. The summed E-state index contributed by atoms with van der Waals surface area (Å²) < 4.78 is 0. The average molecular weight is 531 g/mol. The molecule has 2 aliphatic rings. The molecule has 1 saturated heterocycles. The molecule has 6 rings (SSSR count). The molecule has 0 spiro atoms. The van der Waals surface area contributed by atoms with Gasteiger partial charge < -0.3 is 20.2 Å². The van der Waals surface area contributed by atoms with Crippen molar-refractivity contribution in [2.24, 2.45) is 0 Å². The number of imidazole rings is 1. The number of carbonyl (C=O) groups excluding carboxylic acids is 2. The summed E-state index contributed by atoms with van der Waals surface area (Å²) in [5.41, 5.74) is 3.92. The number of aromatic nitrogens is 3. The lowest BCUT2D eigenvalue weighted by atomic mass is 10.0. The topological polar surface area (TPSA) is 114 Å². The van der Waals surface area contributed by atoms with Gasteiger partial charge in [0.15, 0.2) is 0 Å². The minimum atomic E-state index is -0.278. The maximum absolute atomic E-state index is 13.1. The van der Waals surface area contributed by atoms with Gasteiger partial charge in [0.2, 0.25) is 0 Å². The van der Waals surface area contributed by atoms with E-state index in [1.807, 2.05) is 6.07 Å². The number of likely N-dealkylation sites (tertiary alicyclic amines) is 1. The van der Waals surface area contributed by atoms with Crippen LogP contribution >= 0.6 is 11.3 Å². The van der Waals surface area contributed by atoms with Gasteiger partial charge in [-0.1, -0.05) is 6.92 Å². The third kappa shape index (κ3) is 4.54. The first-order valence-electron chi connectivity index (χ1n) is 13.1. The average Bonchev–Trinajstić information content (AvgIpc) is 3.72. The molecule has 3 aromatic heterocycles. The molecule has 1 aromatic carbocycles. The number of nitrogens with zero attached hydrogens (tertiary/aromatic N) is 3. The number of imide groups is 1. The second kappa shape index (κ2) is 10.2. The predicted molar refractivity (Wildman–Crippen MR) is 149 cm³/mol. The molecule has 5 heterocycles. The van der Waals surface area contributed by atoms with Gasteiger partial charge in [-0.3, -0.25) is 19.3 Å². The van der Waals surface area contributed by atoms with Gasteiger partial charge in [0.25, 0.3) is 17.4 Å². The van der Waals surface area contributed by atoms with E-state index in [0.717, 1.165) is 26.1 Å². The maximum atomic E-state index is 13.1. The molecule has 4 aromatic rings. The van der Waals surface area contributed by atoms with Crippen LogP contribution in [0.3, 0.4) is 0 Å². The van der Waals surface area contributed by atoms with Crippen LogP contribution in [0.1, 0.15) is 58.4 Å². The smallest absolute Gasteiger partial charge is 0.261 e. The molecule has 1 fully saturated rings. The third-order valence-electron chi connectivity index (χ3n) is 7.54. The van der Waals surface area contributed by atoms with Crippen LogP contribution in [-0.4, -0.2) is 69.3 Å². The first kappa shape index (κ1) is 24.6. The zero-order chi connectivity index (χ0) is 26.2. The Hall–Kier alpha value is -3.76. The van der Waals surface area contributed by atoms with E-state index in [9.17, 15) is 14.4 Å². The summed E-state index contributed by atoms with van der Waals surface area (Å²) in [5.74, 6) is 0.105. The van der Waals surface area contributed by atoms with Gasteiger partial charge in [-0.05, 0) is 85.4 Å². The second-order valence-corrected chi connectivity index (χ2v) is 10.9. The maximum Gasteiger partial charge on any atom is 0.261 e. The Bertz CT molecular complexity index is 1500. The van der Waals surface area contributed by atoms with Crippen molar-refractivity contribution in [2.45, 2.75) is 32.1 Å². The summed E-state index contributed by atoms with van der Waals surface area (Å²) in [5, 5.41) is 7.58. The van der Waals surface area contributed by atoms with Gasteiger partial charge in [-0.15, -0.1) is 0 Å². The highest BCUT2D eigenvalue weighted by atomic mass is 32.1. The van der Waals surface area contributed by atoms with Crippen molar-refractivity contribution in [2.75, 3.05) is 38.0 Å². The minimum Gasteiger partial charge on any atom is -0.384 e. The Kier molecular flexibility index (Phi) is 6.59. The summed E-state index contributed by atoms with van der Waals surface area (Å²) in [6, 6.07) is 7.27. The Morgan fingerprint density at radius 1 is 1.08 bits per heavy atom.